The standard InChI is InChI=1S/C38H53N5O9/c1-37(2,3)52-36(50)42-30(24-14-10-7-11-15-24)35(49)43-18-25-29(38(25,4)5)31(43)33(47)41-26(16-22-20-51-21-22)32(46)34(48)39-17-28(45)40-27(19-44)23-12-8-6-9-13-23/h6,8-9,12-13,19,22,24-27,29-31H,7,10-11,14-18,20-21H2,1-5H3,(H,39,48)(H,40,45)(H,41,47)(H,42,50)/t25?,26?,27-,29?,30+,31+/m1/s1. The smallest absolute Gasteiger partial charge is 0.408 e. The zero-order chi connectivity index (χ0) is 37.8. The first-order valence-corrected chi connectivity index (χ1v) is 18.4. The van der Waals surface area contributed by atoms with Crippen molar-refractivity contribution in [2.24, 2.45) is 29.1 Å². The van der Waals surface area contributed by atoms with Crippen LogP contribution in [0.1, 0.15) is 84.7 Å². The minimum Gasteiger partial charge on any atom is -0.444 e. The molecular formula is C38H53N5O9. The molecule has 4 aliphatic rings. The van der Waals surface area contributed by atoms with Crippen molar-refractivity contribution in [2.45, 2.75) is 103 Å². The van der Waals surface area contributed by atoms with Gasteiger partial charge in [0.15, 0.2) is 0 Å². The third kappa shape index (κ3) is 9.17. The first-order valence-electron chi connectivity index (χ1n) is 18.4. The highest BCUT2D eigenvalue weighted by atomic mass is 16.6. The van der Waals surface area contributed by atoms with Gasteiger partial charge in [-0.25, -0.2) is 4.79 Å². The summed E-state index contributed by atoms with van der Waals surface area (Å²) < 4.78 is 10.8. The first kappa shape index (κ1) is 38.9. The van der Waals surface area contributed by atoms with E-state index in [0.29, 0.717) is 31.6 Å². The Hall–Kier alpha value is -4.33. The molecule has 6 atom stereocenters. The maximum Gasteiger partial charge on any atom is 0.408 e. The number of piperidine rings is 1. The van der Waals surface area contributed by atoms with Crippen molar-refractivity contribution >= 4 is 41.8 Å². The van der Waals surface area contributed by atoms with Gasteiger partial charge in [0.1, 0.15) is 30.0 Å². The van der Waals surface area contributed by atoms with Crippen LogP contribution >= 0.6 is 0 Å². The highest BCUT2D eigenvalue weighted by Crippen LogP contribution is 2.65. The average molecular weight is 724 g/mol. The molecule has 5 rings (SSSR count). The van der Waals surface area contributed by atoms with E-state index in [9.17, 15) is 33.6 Å². The van der Waals surface area contributed by atoms with Crippen LogP contribution in [0.4, 0.5) is 4.79 Å². The van der Waals surface area contributed by atoms with Gasteiger partial charge in [0, 0.05) is 12.5 Å². The maximum atomic E-state index is 14.4. The molecule has 1 aromatic rings. The zero-order valence-corrected chi connectivity index (χ0v) is 30.8. The van der Waals surface area contributed by atoms with E-state index in [-0.39, 0.29) is 41.4 Å². The van der Waals surface area contributed by atoms with Crippen LogP contribution in [0.3, 0.4) is 0 Å². The van der Waals surface area contributed by atoms with Gasteiger partial charge in [-0.15, -0.1) is 0 Å². The van der Waals surface area contributed by atoms with Crippen molar-refractivity contribution < 1.29 is 43.0 Å². The molecule has 2 saturated carbocycles. The second kappa shape index (κ2) is 16.1. The first-order chi connectivity index (χ1) is 24.6. The molecule has 2 aliphatic heterocycles. The van der Waals surface area contributed by atoms with Crippen molar-refractivity contribution in [1.29, 1.82) is 0 Å². The third-order valence-electron chi connectivity index (χ3n) is 11.0. The Morgan fingerprint density at radius 1 is 0.981 bits per heavy atom. The number of nitrogens with zero attached hydrogens (tertiary/aromatic N) is 1. The van der Waals surface area contributed by atoms with Crippen LogP contribution in [-0.4, -0.2) is 96.7 Å². The number of hydrogen-bond donors (Lipinski definition) is 4. The number of hydrogen-bond acceptors (Lipinski definition) is 9. The molecule has 0 aromatic heterocycles. The largest absolute Gasteiger partial charge is 0.444 e. The average Bonchev–Trinajstić information content (AvgIpc) is 3.38. The Kier molecular flexibility index (Phi) is 12.1. The lowest BCUT2D eigenvalue weighted by molar-refractivity contribution is -0.145. The molecule has 2 saturated heterocycles. The molecule has 284 valence electrons. The summed E-state index contributed by atoms with van der Waals surface area (Å²) in [6.45, 7) is 9.81. The van der Waals surface area contributed by atoms with E-state index in [1.54, 1.807) is 56.0 Å². The number of ether oxygens (including phenoxy) is 2. The summed E-state index contributed by atoms with van der Waals surface area (Å²) in [5.74, 6) is -3.91. The number of alkyl carbamates (subject to hydrolysis) is 1. The zero-order valence-electron chi connectivity index (χ0n) is 30.8. The summed E-state index contributed by atoms with van der Waals surface area (Å²) in [6, 6.07) is 4.61. The second-order valence-electron chi connectivity index (χ2n) is 16.3. The number of carbonyl (C=O) groups is 7. The van der Waals surface area contributed by atoms with Gasteiger partial charge < -0.3 is 40.4 Å². The number of likely N-dealkylation sites (tertiary alicyclic amines) is 1. The summed E-state index contributed by atoms with van der Waals surface area (Å²) in [5, 5.41) is 10.5. The monoisotopic (exact) mass is 723 g/mol. The fourth-order valence-electron chi connectivity index (χ4n) is 8.00. The number of benzene rings is 1. The van der Waals surface area contributed by atoms with Gasteiger partial charge >= 0.3 is 6.09 Å². The molecule has 0 bridgehead atoms. The normalized spacial score (nSPS) is 24.2. The van der Waals surface area contributed by atoms with E-state index < -0.39 is 65.9 Å². The fraction of sp³-hybridized carbons (Fsp3) is 0.658. The quantitative estimate of drug-likeness (QED) is 0.165. The summed E-state index contributed by atoms with van der Waals surface area (Å²) >= 11 is 0. The molecule has 2 aliphatic carbocycles. The predicted octanol–water partition coefficient (Wildman–Crippen LogP) is 2.21. The lowest BCUT2D eigenvalue weighted by Crippen LogP contribution is -2.60. The van der Waals surface area contributed by atoms with Crippen LogP contribution in [0.25, 0.3) is 0 Å². The minimum atomic E-state index is -1.23. The number of Topliss-reactive ketones (excluding diaryl/α,β-unsaturated/α-hetero) is 1. The number of carbonyl (C=O) groups excluding carboxylic acids is 7. The molecule has 0 spiro atoms. The number of fused-ring (bicyclic) bond motifs is 1. The third-order valence-corrected chi connectivity index (χ3v) is 11.0. The van der Waals surface area contributed by atoms with Crippen molar-refractivity contribution in [3.63, 3.8) is 0 Å². The molecule has 4 fully saturated rings. The van der Waals surface area contributed by atoms with Gasteiger partial charge in [-0.1, -0.05) is 63.4 Å². The number of nitrogens with one attached hydrogen (secondary N) is 4. The van der Waals surface area contributed by atoms with E-state index >= 15 is 0 Å². The molecule has 14 nitrogen and oxygen atoms in total. The van der Waals surface area contributed by atoms with E-state index in [4.69, 9.17) is 9.47 Å². The lowest BCUT2D eigenvalue weighted by Gasteiger charge is -2.37. The SMILES string of the molecule is CC(C)(C)OC(=O)N[C@H](C(=O)N1CC2C([C@H]1C(=O)NC(CC1COC1)C(=O)C(=O)NCC(=O)N[C@H](C=O)c1ccccc1)C2(C)C)C1CCCCC1. The molecule has 4 N–H and O–H groups in total. The van der Waals surface area contributed by atoms with Crippen LogP contribution in [0.2, 0.25) is 0 Å². The Bertz CT molecular complexity index is 1520. The minimum absolute atomic E-state index is 0.0443. The fourth-order valence-corrected chi connectivity index (χ4v) is 8.00. The molecule has 3 unspecified atom stereocenters. The van der Waals surface area contributed by atoms with Crippen LogP contribution < -0.4 is 21.3 Å². The van der Waals surface area contributed by atoms with Gasteiger partial charge in [0.25, 0.3) is 5.91 Å². The van der Waals surface area contributed by atoms with Gasteiger partial charge in [-0.05, 0) is 68.8 Å². The van der Waals surface area contributed by atoms with E-state index in [1.807, 2.05) is 13.8 Å². The van der Waals surface area contributed by atoms with Gasteiger partial charge in [0.2, 0.25) is 23.5 Å². The lowest BCUT2D eigenvalue weighted by atomic mass is 9.83. The van der Waals surface area contributed by atoms with Crippen molar-refractivity contribution in [3.8, 4) is 0 Å². The maximum absolute atomic E-state index is 14.4. The van der Waals surface area contributed by atoms with Crippen molar-refractivity contribution in [1.82, 2.24) is 26.2 Å². The molecule has 5 amide bonds. The summed E-state index contributed by atoms with van der Waals surface area (Å²) in [7, 11) is 0. The van der Waals surface area contributed by atoms with E-state index in [1.165, 1.54) is 0 Å². The highest BCUT2D eigenvalue weighted by Gasteiger charge is 2.69. The highest BCUT2D eigenvalue weighted by molar-refractivity contribution is 6.38. The van der Waals surface area contributed by atoms with E-state index in [2.05, 4.69) is 21.3 Å². The molecule has 52 heavy (non-hydrogen) atoms. The molecular weight excluding hydrogens is 670 g/mol. The van der Waals surface area contributed by atoms with Crippen LogP contribution in [0, 0.1) is 29.1 Å². The van der Waals surface area contributed by atoms with Crippen molar-refractivity contribution in [2.75, 3.05) is 26.3 Å². The van der Waals surface area contributed by atoms with E-state index in [0.717, 1.165) is 32.1 Å². The summed E-state index contributed by atoms with van der Waals surface area (Å²) in [5.41, 5.74) is -0.442. The summed E-state index contributed by atoms with van der Waals surface area (Å²) in [6.07, 6.45) is 4.41. The Morgan fingerprint density at radius 2 is 1.65 bits per heavy atom. The summed E-state index contributed by atoms with van der Waals surface area (Å²) in [4.78, 5) is 94.1. The van der Waals surface area contributed by atoms with Crippen LogP contribution in [0.5, 0.6) is 0 Å². The molecule has 2 heterocycles. The number of rotatable bonds is 14. The Labute approximate surface area is 304 Å². The Balaban J connectivity index is 1.28. The van der Waals surface area contributed by atoms with Gasteiger partial charge in [-0.2, -0.15) is 0 Å². The predicted molar refractivity (Wildman–Crippen MR) is 188 cm³/mol. The Morgan fingerprint density at radius 3 is 2.25 bits per heavy atom. The van der Waals surface area contributed by atoms with Crippen molar-refractivity contribution in [3.05, 3.63) is 35.9 Å². The van der Waals surface area contributed by atoms with Crippen LogP contribution in [0.15, 0.2) is 30.3 Å². The van der Waals surface area contributed by atoms with Crippen LogP contribution in [-0.2, 0) is 38.2 Å². The molecule has 0 radical (unpaired) electrons. The number of aldehydes is 1. The molecule has 14 heteroatoms. The second-order valence-corrected chi connectivity index (χ2v) is 16.3. The number of amides is 5. The topological polar surface area (TPSA) is 189 Å². The number of ketones is 1. The molecule has 1 aromatic carbocycles. The van der Waals surface area contributed by atoms with Gasteiger partial charge in [0.05, 0.1) is 25.8 Å². The van der Waals surface area contributed by atoms with Gasteiger partial charge in [-0.3, -0.25) is 24.0 Å².